The van der Waals surface area contributed by atoms with Crippen LogP contribution in [0.4, 0.5) is 0 Å². The number of carboxylic acids is 1. The largest absolute Gasteiger partial charge is 0.478 e. The second-order valence-corrected chi connectivity index (χ2v) is 7.29. The second-order valence-electron chi connectivity index (χ2n) is 7.29. The van der Waals surface area contributed by atoms with Crippen LogP contribution in [0.5, 0.6) is 5.75 Å². The van der Waals surface area contributed by atoms with Crippen molar-refractivity contribution < 1.29 is 14.6 Å². The van der Waals surface area contributed by atoms with Crippen LogP contribution >= 0.6 is 0 Å². The molecule has 3 aromatic rings. The van der Waals surface area contributed by atoms with Crippen LogP contribution in [0, 0.1) is 13.8 Å². The normalized spacial score (nSPS) is 11.4. The van der Waals surface area contributed by atoms with E-state index in [4.69, 9.17) is 4.74 Å². The van der Waals surface area contributed by atoms with Crippen molar-refractivity contribution in [2.24, 2.45) is 0 Å². The zero-order chi connectivity index (χ0) is 20.5. The number of hydrogen-bond acceptors (Lipinski definition) is 4. The monoisotopic (exact) mass is 381 g/mol. The average molecular weight is 381 g/mol. The van der Waals surface area contributed by atoms with Gasteiger partial charge >= 0.3 is 11.7 Å². The van der Waals surface area contributed by atoms with Crippen molar-refractivity contribution in [3.05, 3.63) is 76.0 Å². The van der Waals surface area contributed by atoms with E-state index in [2.05, 4.69) is 5.10 Å². The molecule has 0 spiro atoms. The number of hydrogen-bond donors (Lipinski definition) is 1. The summed E-state index contributed by atoms with van der Waals surface area (Å²) in [6.07, 6.45) is 1.51. The highest BCUT2D eigenvalue weighted by Gasteiger charge is 2.29. The smallest absolute Gasteiger partial charge is 0.350 e. The Morgan fingerprint density at radius 2 is 1.82 bits per heavy atom. The lowest BCUT2D eigenvalue weighted by molar-refractivity contribution is -0.152. The number of carboxylic acid groups (broad SMARTS) is 1. The molecule has 1 heterocycles. The Kier molecular flexibility index (Phi) is 5.09. The number of rotatable bonds is 6. The molecule has 0 fully saturated rings. The minimum absolute atomic E-state index is 0.228. The molecule has 0 amide bonds. The van der Waals surface area contributed by atoms with Crippen LogP contribution in [0.25, 0.3) is 5.69 Å². The number of aromatic nitrogens is 3. The van der Waals surface area contributed by atoms with Crippen molar-refractivity contribution in [1.82, 2.24) is 14.3 Å². The van der Waals surface area contributed by atoms with Gasteiger partial charge < -0.3 is 9.84 Å². The van der Waals surface area contributed by atoms with E-state index in [1.54, 1.807) is 12.1 Å². The maximum absolute atomic E-state index is 12.6. The molecule has 0 saturated heterocycles. The molecule has 0 aliphatic rings. The molecule has 0 saturated carbocycles. The van der Waals surface area contributed by atoms with Crippen LogP contribution in [-0.4, -0.2) is 31.0 Å². The predicted molar refractivity (Wildman–Crippen MR) is 105 cm³/mol. The topological polar surface area (TPSA) is 86.3 Å². The van der Waals surface area contributed by atoms with Gasteiger partial charge in [0.1, 0.15) is 12.1 Å². The zero-order valence-electron chi connectivity index (χ0n) is 16.3. The van der Waals surface area contributed by atoms with Gasteiger partial charge in [0, 0.05) is 0 Å². The van der Waals surface area contributed by atoms with Crippen molar-refractivity contribution in [2.45, 2.75) is 39.8 Å². The predicted octanol–water partition coefficient (Wildman–Crippen LogP) is 2.94. The van der Waals surface area contributed by atoms with Crippen molar-refractivity contribution in [3.63, 3.8) is 0 Å². The molecular formula is C21H23N3O4. The van der Waals surface area contributed by atoms with E-state index in [1.165, 1.54) is 29.4 Å². The number of ether oxygens (including phenoxy) is 1. The molecule has 0 bridgehead atoms. The van der Waals surface area contributed by atoms with Crippen molar-refractivity contribution in [3.8, 4) is 11.4 Å². The third-order valence-electron chi connectivity index (χ3n) is 4.50. The summed E-state index contributed by atoms with van der Waals surface area (Å²) in [6.45, 7) is 7.13. The maximum atomic E-state index is 12.6. The second kappa shape index (κ2) is 7.34. The molecule has 146 valence electrons. The fraction of sp³-hybridized carbons (Fsp3) is 0.286. The van der Waals surface area contributed by atoms with E-state index in [9.17, 15) is 14.7 Å². The van der Waals surface area contributed by atoms with Gasteiger partial charge in [0.05, 0.1) is 12.2 Å². The standard InChI is InChI=1S/C21H23N3O4/c1-14-5-8-17(9-6-14)23-13-22-24(20(23)27)12-16-7-10-18(15(2)11-16)28-21(3,4)19(25)26/h5-11,13H,12H2,1-4H3,(H,25,26). The Hall–Kier alpha value is -3.35. The molecule has 0 atom stereocenters. The fourth-order valence-corrected chi connectivity index (χ4v) is 2.74. The number of nitrogens with zero attached hydrogens (tertiary/aromatic N) is 3. The van der Waals surface area contributed by atoms with E-state index < -0.39 is 11.6 Å². The van der Waals surface area contributed by atoms with Crippen molar-refractivity contribution in [2.75, 3.05) is 0 Å². The molecule has 0 aliphatic heterocycles. The highest BCUT2D eigenvalue weighted by atomic mass is 16.5. The van der Waals surface area contributed by atoms with E-state index in [0.717, 1.165) is 22.4 Å². The molecule has 0 unspecified atom stereocenters. The van der Waals surface area contributed by atoms with Gasteiger partial charge in [0.2, 0.25) is 0 Å². The van der Waals surface area contributed by atoms with Gasteiger partial charge in [0.15, 0.2) is 5.60 Å². The van der Waals surface area contributed by atoms with Gasteiger partial charge in [-0.05, 0) is 57.0 Å². The quantitative estimate of drug-likeness (QED) is 0.709. The van der Waals surface area contributed by atoms with Crippen LogP contribution < -0.4 is 10.4 Å². The van der Waals surface area contributed by atoms with E-state index >= 15 is 0 Å². The summed E-state index contributed by atoms with van der Waals surface area (Å²) in [4.78, 5) is 23.9. The molecule has 3 rings (SSSR count). The van der Waals surface area contributed by atoms with Crippen LogP contribution in [0.2, 0.25) is 0 Å². The summed E-state index contributed by atoms with van der Waals surface area (Å²) in [6, 6.07) is 13.0. The number of carbonyl (C=O) groups is 1. The third-order valence-corrected chi connectivity index (χ3v) is 4.50. The summed E-state index contributed by atoms with van der Waals surface area (Å²) in [5, 5.41) is 13.4. The number of aliphatic carboxylic acids is 1. The van der Waals surface area contributed by atoms with Crippen LogP contribution in [0.1, 0.15) is 30.5 Å². The Bertz CT molecular complexity index is 1060. The average Bonchev–Trinajstić information content (AvgIpc) is 2.98. The molecule has 7 nitrogen and oxygen atoms in total. The lowest BCUT2D eigenvalue weighted by atomic mass is 10.1. The first-order valence-electron chi connectivity index (χ1n) is 8.91. The third kappa shape index (κ3) is 3.98. The Morgan fingerprint density at radius 3 is 2.43 bits per heavy atom. The molecule has 0 aliphatic carbocycles. The van der Waals surface area contributed by atoms with E-state index in [0.29, 0.717) is 12.3 Å². The first-order valence-corrected chi connectivity index (χ1v) is 8.91. The van der Waals surface area contributed by atoms with Gasteiger partial charge in [-0.15, -0.1) is 0 Å². The van der Waals surface area contributed by atoms with Crippen LogP contribution in [0.3, 0.4) is 0 Å². The molecule has 1 aromatic heterocycles. The first-order chi connectivity index (χ1) is 13.2. The SMILES string of the molecule is Cc1ccc(-n2cnn(Cc3ccc(OC(C)(C)C(=O)O)c(C)c3)c2=O)cc1. The molecule has 28 heavy (non-hydrogen) atoms. The lowest BCUT2D eigenvalue weighted by Crippen LogP contribution is -2.38. The Balaban J connectivity index is 1.81. The Morgan fingerprint density at radius 1 is 1.14 bits per heavy atom. The molecular weight excluding hydrogens is 358 g/mol. The van der Waals surface area contributed by atoms with E-state index in [-0.39, 0.29) is 5.69 Å². The van der Waals surface area contributed by atoms with Crippen LogP contribution in [-0.2, 0) is 11.3 Å². The summed E-state index contributed by atoms with van der Waals surface area (Å²) < 4.78 is 8.49. The van der Waals surface area contributed by atoms with Crippen molar-refractivity contribution >= 4 is 5.97 Å². The molecule has 7 heteroatoms. The van der Waals surface area contributed by atoms with Gasteiger partial charge in [-0.25, -0.2) is 18.8 Å². The molecule has 1 N–H and O–H groups in total. The zero-order valence-corrected chi connectivity index (χ0v) is 16.3. The maximum Gasteiger partial charge on any atom is 0.350 e. The lowest BCUT2D eigenvalue weighted by Gasteiger charge is -2.23. The summed E-state index contributed by atoms with van der Waals surface area (Å²) >= 11 is 0. The number of aryl methyl sites for hydroxylation is 2. The van der Waals surface area contributed by atoms with Gasteiger partial charge in [-0.2, -0.15) is 5.10 Å². The highest BCUT2D eigenvalue weighted by molar-refractivity contribution is 5.76. The Labute approximate surface area is 162 Å². The molecule has 2 aromatic carbocycles. The van der Waals surface area contributed by atoms with Crippen LogP contribution in [0.15, 0.2) is 53.6 Å². The summed E-state index contributed by atoms with van der Waals surface area (Å²) in [7, 11) is 0. The van der Waals surface area contributed by atoms with Gasteiger partial charge in [-0.3, -0.25) is 0 Å². The minimum atomic E-state index is -1.32. The van der Waals surface area contributed by atoms with Crippen molar-refractivity contribution in [1.29, 1.82) is 0 Å². The summed E-state index contributed by atoms with van der Waals surface area (Å²) in [5.41, 5.74) is 1.99. The van der Waals surface area contributed by atoms with Gasteiger partial charge in [-0.1, -0.05) is 29.8 Å². The van der Waals surface area contributed by atoms with Gasteiger partial charge in [0.25, 0.3) is 0 Å². The molecule has 0 radical (unpaired) electrons. The fourth-order valence-electron chi connectivity index (χ4n) is 2.74. The van der Waals surface area contributed by atoms with E-state index in [1.807, 2.05) is 44.2 Å². The summed E-state index contributed by atoms with van der Waals surface area (Å²) in [5.74, 6) is -0.544. The minimum Gasteiger partial charge on any atom is -0.478 e. The number of benzene rings is 2. The highest BCUT2D eigenvalue weighted by Crippen LogP contribution is 2.24. The first kappa shape index (κ1) is 19.4.